The smallest absolute Gasteiger partial charge is 0.341 e. The number of urea groups is 1. The molecule has 2 aromatic rings. The van der Waals surface area contributed by atoms with Gasteiger partial charge in [-0.05, 0) is 12.1 Å². The van der Waals surface area contributed by atoms with Crippen molar-refractivity contribution in [1.82, 2.24) is 0 Å². The van der Waals surface area contributed by atoms with Crippen LogP contribution in [0.1, 0.15) is 10.4 Å². The van der Waals surface area contributed by atoms with Crippen LogP contribution >= 0.6 is 0 Å². The van der Waals surface area contributed by atoms with Crippen LogP contribution in [0.25, 0.3) is 0 Å². The van der Waals surface area contributed by atoms with Crippen molar-refractivity contribution in [2.24, 2.45) is 0 Å². The van der Waals surface area contributed by atoms with Crippen LogP contribution in [-0.4, -0.2) is 22.0 Å². The van der Waals surface area contributed by atoms with Crippen LogP contribution in [0.15, 0.2) is 30.3 Å². The highest BCUT2D eigenvalue weighted by molar-refractivity contribution is 6.01. The fourth-order valence-corrected chi connectivity index (χ4v) is 1.83. The van der Waals surface area contributed by atoms with Gasteiger partial charge >= 0.3 is 12.0 Å². The van der Waals surface area contributed by atoms with E-state index in [0.29, 0.717) is 0 Å². The summed E-state index contributed by atoms with van der Waals surface area (Å²) >= 11 is 0. The van der Waals surface area contributed by atoms with Crippen molar-refractivity contribution in [1.29, 1.82) is 0 Å². The van der Waals surface area contributed by atoms with E-state index in [9.17, 15) is 32.9 Å². The van der Waals surface area contributed by atoms with Gasteiger partial charge in [-0.2, -0.15) is 0 Å². The highest BCUT2D eigenvalue weighted by Crippen LogP contribution is 2.24. The van der Waals surface area contributed by atoms with Gasteiger partial charge in [0.1, 0.15) is 5.56 Å². The van der Waals surface area contributed by atoms with Crippen LogP contribution in [-0.2, 0) is 0 Å². The number of benzene rings is 2. The van der Waals surface area contributed by atoms with Crippen molar-refractivity contribution in [3.05, 3.63) is 63.5 Å². The van der Waals surface area contributed by atoms with Crippen molar-refractivity contribution < 1.29 is 32.8 Å². The van der Waals surface area contributed by atoms with Crippen molar-refractivity contribution in [2.75, 3.05) is 10.6 Å². The van der Waals surface area contributed by atoms with E-state index in [0.717, 1.165) is 12.1 Å². The topological polar surface area (TPSA) is 122 Å². The third-order valence-corrected chi connectivity index (χ3v) is 2.95. The normalized spacial score (nSPS) is 10.2. The maximum atomic E-state index is 13.9. The van der Waals surface area contributed by atoms with Gasteiger partial charge in [0.2, 0.25) is 0 Å². The van der Waals surface area contributed by atoms with Crippen molar-refractivity contribution in [2.45, 2.75) is 0 Å². The molecule has 0 atom stereocenters. The van der Waals surface area contributed by atoms with Crippen LogP contribution in [0.3, 0.4) is 0 Å². The first-order valence-electron chi connectivity index (χ1n) is 6.44. The lowest BCUT2D eigenvalue weighted by atomic mass is 10.1. The zero-order valence-corrected chi connectivity index (χ0v) is 12.0. The molecule has 0 fully saturated rings. The first-order chi connectivity index (χ1) is 11.7. The van der Waals surface area contributed by atoms with Gasteiger partial charge in [0, 0.05) is 23.9 Å². The summed E-state index contributed by atoms with van der Waals surface area (Å²) in [6.07, 6.45) is 0. The SMILES string of the molecule is O=C(Nc1ccc([N+](=O)[O-])cc1)Nc1cc(F)c(F)c(C(=O)O)c1F. The number of carbonyl (C=O) groups is 2. The number of anilines is 2. The Bertz CT molecular complexity index is 871. The second-order valence-electron chi connectivity index (χ2n) is 4.60. The summed E-state index contributed by atoms with van der Waals surface area (Å²) in [6, 6.07) is 3.73. The molecule has 0 bridgehead atoms. The first-order valence-corrected chi connectivity index (χ1v) is 6.44. The average molecular weight is 355 g/mol. The summed E-state index contributed by atoms with van der Waals surface area (Å²) in [6.45, 7) is 0. The molecule has 0 aliphatic carbocycles. The number of rotatable bonds is 4. The molecule has 0 aromatic heterocycles. The predicted molar refractivity (Wildman–Crippen MR) is 79.0 cm³/mol. The molecule has 0 saturated heterocycles. The lowest BCUT2D eigenvalue weighted by Gasteiger charge is -2.10. The monoisotopic (exact) mass is 355 g/mol. The summed E-state index contributed by atoms with van der Waals surface area (Å²) in [4.78, 5) is 32.4. The van der Waals surface area contributed by atoms with Crippen molar-refractivity contribution in [3.8, 4) is 0 Å². The molecule has 8 nitrogen and oxygen atoms in total. The van der Waals surface area contributed by atoms with Gasteiger partial charge < -0.3 is 15.7 Å². The molecule has 2 rings (SSSR count). The molecule has 0 aliphatic heterocycles. The number of nitrogens with one attached hydrogen (secondary N) is 2. The van der Waals surface area contributed by atoms with E-state index in [1.165, 1.54) is 12.1 Å². The first kappa shape index (κ1) is 17.7. The van der Waals surface area contributed by atoms with E-state index >= 15 is 0 Å². The molecule has 130 valence electrons. The summed E-state index contributed by atoms with van der Waals surface area (Å²) in [5.41, 5.74) is -2.59. The summed E-state index contributed by atoms with van der Waals surface area (Å²) in [5.74, 6) is -7.27. The Morgan fingerprint density at radius 3 is 2.16 bits per heavy atom. The number of carbonyl (C=O) groups excluding carboxylic acids is 1. The quantitative estimate of drug-likeness (QED) is 0.441. The minimum Gasteiger partial charge on any atom is -0.477 e. The third-order valence-electron chi connectivity index (χ3n) is 2.95. The molecular formula is C14H8F3N3O5. The molecule has 0 aliphatic rings. The molecular weight excluding hydrogens is 347 g/mol. The molecule has 0 radical (unpaired) electrons. The van der Waals surface area contributed by atoms with Crippen LogP contribution in [0.4, 0.5) is 35.0 Å². The Morgan fingerprint density at radius 2 is 1.64 bits per heavy atom. The van der Waals surface area contributed by atoms with E-state index in [2.05, 4.69) is 5.32 Å². The minimum atomic E-state index is -2.05. The zero-order chi connectivity index (χ0) is 18.7. The van der Waals surface area contributed by atoms with E-state index in [4.69, 9.17) is 5.11 Å². The maximum absolute atomic E-state index is 13.9. The molecule has 0 saturated carbocycles. The number of nitro benzene ring substituents is 1. The second kappa shape index (κ2) is 6.86. The van der Waals surface area contributed by atoms with Crippen molar-refractivity contribution in [3.63, 3.8) is 0 Å². The number of hydrogen-bond donors (Lipinski definition) is 3. The van der Waals surface area contributed by atoms with Crippen LogP contribution < -0.4 is 10.6 Å². The lowest BCUT2D eigenvalue weighted by molar-refractivity contribution is -0.384. The predicted octanol–water partition coefficient (Wildman–Crippen LogP) is 3.35. The Hall–Kier alpha value is -3.63. The highest BCUT2D eigenvalue weighted by Gasteiger charge is 2.25. The third kappa shape index (κ3) is 3.83. The molecule has 0 unspecified atom stereocenters. The van der Waals surface area contributed by atoms with E-state index in [-0.39, 0.29) is 17.4 Å². The Kier molecular flexibility index (Phi) is 4.86. The number of non-ortho nitro benzene ring substituents is 1. The Morgan fingerprint density at radius 1 is 1.04 bits per heavy atom. The minimum absolute atomic E-state index is 0.0875. The number of amides is 2. The number of nitrogens with zero attached hydrogens (tertiary/aromatic N) is 1. The van der Waals surface area contributed by atoms with Crippen LogP contribution in [0.2, 0.25) is 0 Å². The van der Waals surface area contributed by atoms with Gasteiger partial charge in [0.15, 0.2) is 17.5 Å². The summed E-state index contributed by atoms with van der Waals surface area (Å²) in [5, 5.41) is 23.2. The van der Waals surface area contributed by atoms with Gasteiger partial charge in [-0.1, -0.05) is 0 Å². The molecule has 25 heavy (non-hydrogen) atoms. The van der Waals surface area contributed by atoms with Gasteiger partial charge in [-0.15, -0.1) is 0 Å². The fourth-order valence-electron chi connectivity index (χ4n) is 1.83. The molecule has 2 amide bonds. The van der Waals surface area contributed by atoms with Gasteiger partial charge in [-0.25, -0.2) is 22.8 Å². The maximum Gasteiger partial charge on any atom is 0.341 e. The molecule has 0 heterocycles. The number of hydrogen-bond acceptors (Lipinski definition) is 4. The van der Waals surface area contributed by atoms with E-state index < -0.39 is 45.6 Å². The number of halogens is 3. The standard InChI is InChI=1S/C14H8F3N3O5/c15-8-5-9(12(17)10(11(8)16)13(21)22)19-14(23)18-6-1-3-7(4-2-6)20(24)25/h1-5H,(H,21,22)(H2,18,19,23). The zero-order valence-electron chi connectivity index (χ0n) is 12.0. The fraction of sp³-hybridized carbons (Fsp3) is 0. The largest absolute Gasteiger partial charge is 0.477 e. The lowest BCUT2D eigenvalue weighted by Crippen LogP contribution is -2.21. The number of carboxylic acid groups (broad SMARTS) is 1. The van der Waals surface area contributed by atoms with Crippen molar-refractivity contribution >= 4 is 29.1 Å². The summed E-state index contributed by atoms with van der Waals surface area (Å²) in [7, 11) is 0. The van der Waals surface area contributed by atoms with Crippen LogP contribution in [0, 0.1) is 27.6 Å². The van der Waals surface area contributed by atoms with Gasteiger partial charge in [0.05, 0.1) is 10.6 Å². The number of aromatic carboxylic acids is 1. The summed E-state index contributed by atoms with van der Waals surface area (Å²) < 4.78 is 40.5. The Balaban J connectivity index is 2.20. The Labute approximate surface area is 137 Å². The average Bonchev–Trinajstić information content (AvgIpc) is 2.53. The van der Waals surface area contributed by atoms with Crippen LogP contribution in [0.5, 0.6) is 0 Å². The van der Waals surface area contributed by atoms with Gasteiger partial charge in [-0.3, -0.25) is 10.1 Å². The molecule has 11 heteroatoms. The van der Waals surface area contributed by atoms with E-state index in [1.54, 1.807) is 0 Å². The highest BCUT2D eigenvalue weighted by atomic mass is 19.2. The second-order valence-corrected chi connectivity index (χ2v) is 4.60. The molecule has 3 N–H and O–H groups in total. The van der Waals surface area contributed by atoms with Gasteiger partial charge in [0.25, 0.3) is 5.69 Å². The molecule has 2 aromatic carbocycles. The number of carboxylic acids is 1. The number of nitro groups is 1. The van der Waals surface area contributed by atoms with E-state index in [1.807, 2.05) is 5.32 Å². The molecule has 0 spiro atoms.